The Bertz CT molecular complexity index is 877. The number of rotatable bonds is 5. The molecule has 1 aromatic heterocycles. The zero-order valence-electron chi connectivity index (χ0n) is 15.4. The lowest BCUT2D eigenvalue weighted by Crippen LogP contribution is -2.35. The number of pyridine rings is 1. The Labute approximate surface area is 173 Å². The topological polar surface area (TPSA) is 42.4 Å². The Morgan fingerprint density at radius 2 is 1.64 bits per heavy atom. The monoisotopic (exact) mass is 436 g/mol. The molecule has 2 aromatic carbocycles. The Morgan fingerprint density at radius 3 is 2.21 bits per heavy atom. The van der Waals surface area contributed by atoms with E-state index in [1.807, 2.05) is 77.7 Å². The molecule has 1 saturated heterocycles. The van der Waals surface area contributed by atoms with Gasteiger partial charge in [0.05, 0.1) is 12.5 Å². The summed E-state index contributed by atoms with van der Waals surface area (Å²) in [7, 11) is 0. The molecule has 1 aliphatic heterocycles. The number of aromatic nitrogens is 1. The van der Waals surface area contributed by atoms with E-state index in [9.17, 15) is 4.79 Å². The van der Waals surface area contributed by atoms with Crippen LogP contribution in [0.15, 0.2) is 83.5 Å². The van der Waals surface area contributed by atoms with E-state index >= 15 is 0 Å². The molecule has 3 aromatic rings. The summed E-state index contributed by atoms with van der Waals surface area (Å²) in [6.45, 7) is 1.27. The van der Waals surface area contributed by atoms with Crippen LogP contribution in [-0.2, 0) is 4.79 Å². The Balaban J connectivity index is 1.51. The fourth-order valence-electron chi connectivity index (χ4n) is 3.58. The van der Waals surface area contributed by atoms with Gasteiger partial charge in [-0.1, -0.05) is 60.7 Å². The van der Waals surface area contributed by atoms with Crippen LogP contribution in [0, 0.1) is 0 Å². The van der Waals surface area contributed by atoms with Crippen LogP contribution in [0.2, 0.25) is 0 Å². The third-order valence-corrected chi connectivity index (χ3v) is 5.43. The fraction of sp³-hybridized carbons (Fsp3) is 0.217. The Kier molecular flexibility index (Phi) is 5.72. The summed E-state index contributed by atoms with van der Waals surface area (Å²) in [5.74, 6) is 0.407. The van der Waals surface area contributed by atoms with Gasteiger partial charge in [-0.3, -0.25) is 4.79 Å². The lowest BCUT2D eigenvalue weighted by Gasteiger charge is -2.24. The highest BCUT2D eigenvalue weighted by Crippen LogP contribution is 2.29. The van der Waals surface area contributed by atoms with Gasteiger partial charge in [-0.05, 0) is 33.1 Å². The summed E-state index contributed by atoms with van der Waals surface area (Å²) in [5, 5.41) is 0. The van der Waals surface area contributed by atoms with Crippen LogP contribution in [0.4, 0.5) is 0 Å². The molecule has 5 heteroatoms. The molecule has 1 unspecified atom stereocenters. The number of hydrogen-bond donors (Lipinski definition) is 0. The highest BCUT2D eigenvalue weighted by Gasteiger charge is 2.33. The van der Waals surface area contributed by atoms with Crippen molar-refractivity contribution in [3.05, 3.63) is 94.6 Å². The van der Waals surface area contributed by atoms with E-state index in [1.165, 1.54) is 0 Å². The predicted molar refractivity (Wildman–Crippen MR) is 112 cm³/mol. The molecule has 1 aliphatic rings. The Hall–Kier alpha value is -2.66. The van der Waals surface area contributed by atoms with E-state index in [4.69, 9.17) is 4.74 Å². The van der Waals surface area contributed by atoms with E-state index in [0.717, 1.165) is 22.0 Å². The number of ether oxygens (including phenoxy) is 1. The average molecular weight is 437 g/mol. The second-order valence-corrected chi connectivity index (χ2v) is 7.80. The van der Waals surface area contributed by atoms with Gasteiger partial charge in [0.1, 0.15) is 6.10 Å². The number of likely N-dealkylation sites (tertiary alicyclic amines) is 1. The van der Waals surface area contributed by atoms with Crippen molar-refractivity contribution in [1.29, 1.82) is 0 Å². The van der Waals surface area contributed by atoms with Gasteiger partial charge >= 0.3 is 0 Å². The van der Waals surface area contributed by atoms with Gasteiger partial charge in [0.2, 0.25) is 11.8 Å². The van der Waals surface area contributed by atoms with Crippen molar-refractivity contribution in [3.63, 3.8) is 0 Å². The highest BCUT2D eigenvalue weighted by molar-refractivity contribution is 9.10. The summed E-state index contributed by atoms with van der Waals surface area (Å²) in [4.78, 5) is 19.6. The second-order valence-electron chi connectivity index (χ2n) is 6.88. The smallest absolute Gasteiger partial charge is 0.234 e. The van der Waals surface area contributed by atoms with E-state index in [0.29, 0.717) is 19.0 Å². The molecular weight excluding hydrogens is 416 g/mol. The summed E-state index contributed by atoms with van der Waals surface area (Å²) in [6, 6.07) is 23.7. The average Bonchev–Trinajstić information content (AvgIpc) is 3.20. The molecule has 1 amide bonds. The van der Waals surface area contributed by atoms with Crippen molar-refractivity contribution in [1.82, 2.24) is 9.88 Å². The molecule has 142 valence electrons. The van der Waals surface area contributed by atoms with Crippen molar-refractivity contribution in [2.45, 2.75) is 18.4 Å². The first kappa shape index (κ1) is 18.7. The van der Waals surface area contributed by atoms with Crippen molar-refractivity contribution >= 4 is 21.8 Å². The normalized spacial score (nSPS) is 16.4. The van der Waals surface area contributed by atoms with E-state index in [-0.39, 0.29) is 17.9 Å². The maximum atomic E-state index is 13.4. The maximum Gasteiger partial charge on any atom is 0.234 e. The molecule has 0 bridgehead atoms. The third-order valence-electron chi connectivity index (χ3n) is 4.96. The third kappa shape index (κ3) is 4.25. The standard InChI is InChI=1S/C23H21BrN2O2/c24-19-11-12-21(25-15-19)28-20-13-14-26(16-20)23(27)22(17-7-3-1-4-8-17)18-9-5-2-6-10-18/h1-12,15,20,22H,13-14,16H2. The molecule has 28 heavy (non-hydrogen) atoms. The van der Waals surface area contributed by atoms with Gasteiger partial charge in [0.25, 0.3) is 0 Å². The first-order valence-electron chi connectivity index (χ1n) is 9.37. The lowest BCUT2D eigenvalue weighted by molar-refractivity contribution is -0.131. The molecule has 0 spiro atoms. The van der Waals surface area contributed by atoms with Crippen molar-refractivity contribution in [2.24, 2.45) is 0 Å². The van der Waals surface area contributed by atoms with Gasteiger partial charge < -0.3 is 9.64 Å². The van der Waals surface area contributed by atoms with Crippen LogP contribution in [-0.4, -0.2) is 35.0 Å². The SMILES string of the molecule is O=C(C(c1ccccc1)c1ccccc1)N1CCC(Oc2ccc(Br)cn2)C1. The van der Waals surface area contributed by atoms with Crippen LogP contribution >= 0.6 is 15.9 Å². The molecular formula is C23H21BrN2O2. The van der Waals surface area contributed by atoms with Crippen molar-refractivity contribution < 1.29 is 9.53 Å². The zero-order valence-corrected chi connectivity index (χ0v) is 17.0. The summed E-state index contributed by atoms with van der Waals surface area (Å²) >= 11 is 3.38. The Morgan fingerprint density at radius 1 is 1.00 bits per heavy atom. The number of nitrogens with zero attached hydrogens (tertiary/aromatic N) is 2. The maximum absolute atomic E-state index is 13.4. The molecule has 0 saturated carbocycles. The summed E-state index contributed by atoms with van der Waals surface area (Å²) in [6.07, 6.45) is 2.48. The van der Waals surface area contributed by atoms with Gasteiger partial charge in [-0.15, -0.1) is 0 Å². The zero-order chi connectivity index (χ0) is 19.3. The lowest BCUT2D eigenvalue weighted by atomic mass is 9.90. The van der Waals surface area contributed by atoms with Crippen LogP contribution in [0.3, 0.4) is 0 Å². The molecule has 2 heterocycles. The number of halogens is 1. The molecule has 1 atom stereocenters. The summed E-state index contributed by atoms with van der Waals surface area (Å²) in [5.41, 5.74) is 2.02. The molecule has 1 fully saturated rings. The van der Waals surface area contributed by atoms with Crippen LogP contribution in [0.25, 0.3) is 0 Å². The fourth-order valence-corrected chi connectivity index (χ4v) is 3.81. The van der Waals surface area contributed by atoms with Crippen molar-refractivity contribution in [2.75, 3.05) is 13.1 Å². The minimum atomic E-state index is -0.299. The number of hydrogen-bond acceptors (Lipinski definition) is 3. The van der Waals surface area contributed by atoms with Crippen molar-refractivity contribution in [3.8, 4) is 5.88 Å². The first-order chi connectivity index (χ1) is 13.7. The van der Waals surface area contributed by atoms with Gasteiger partial charge in [0, 0.05) is 29.7 Å². The quantitative estimate of drug-likeness (QED) is 0.584. The van der Waals surface area contributed by atoms with Gasteiger partial charge in [-0.2, -0.15) is 0 Å². The minimum Gasteiger partial charge on any atom is -0.472 e. The molecule has 0 N–H and O–H groups in total. The minimum absolute atomic E-state index is 0.0372. The molecule has 0 radical (unpaired) electrons. The van der Waals surface area contributed by atoms with Gasteiger partial charge in [0.15, 0.2) is 0 Å². The first-order valence-corrected chi connectivity index (χ1v) is 10.2. The number of carbonyl (C=O) groups excluding carboxylic acids is 1. The number of amides is 1. The number of carbonyl (C=O) groups is 1. The largest absolute Gasteiger partial charge is 0.472 e. The van der Waals surface area contributed by atoms with Crippen LogP contribution < -0.4 is 4.74 Å². The molecule has 0 aliphatic carbocycles. The van der Waals surface area contributed by atoms with Crippen LogP contribution in [0.5, 0.6) is 5.88 Å². The second kappa shape index (κ2) is 8.57. The highest BCUT2D eigenvalue weighted by atomic mass is 79.9. The van der Waals surface area contributed by atoms with Gasteiger partial charge in [-0.25, -0.2) is 4.98 Å². The van der Waals surface area contributed by atoms with E-state index < -0.39 is 0 Å². The van der Waals surface area contributed by atoms with E-state index in [2.05, 4.69) is 20.9 Å². The molecule has 4 nitrogen and oxygen atoms in total. The number of benzene rings is 2. The predicted octanol–water partition coefficient (Wildman–Crippen LogP) is 4.66. The molecule has 4 rings (SSSR count). The van der Waals surface area contributed by atoms with Crippen LogP contribution in [0.1, 0.15) is 23.5 Å². The van der Waals surface area contributed by atoms with E-state index in [1.54, 1.807) is 6.20 Å². The summed E-state index contributed by atoms with van der Waals surface area (Å²) < 4.78 is 6.89.